The van der Waals surface area contributed by atoms with Crippen molar-refractivity contribution < 1.29 is 4.21 Å². The summed E-state index contributed by atoms with van der Waals surface area (Å²) in [6, 6.07) is 0. The molecule has 1 N–H and O–H groups in total. The van der Waals surface area contributed by atoms with E-state index in [4.69, 9.17) is 0 Å². The highest BCUT2D eigenvalue weighted by Crippen LogP contribution is 2.05. The van der Waals surface area contributed by atoms with Crippen molar-refractivity contribution in [2.24, 2.45) is 0 Å². The number of rotatable bonds is 7. The number of nitrogens with one attached hydrogen (secondary N) is 1. The van der Waals surface area contributed by atoms with Crippen LogP contribution in [-0.2, 0) is 17.3 Å². The van der Waals surface area contributed by atoms with E-state index in [2.05, 4.69) is 16.9 Å². The summed E-state index contributed by atoms with van der Waals surface area (Å²) in [6.07, 6.45) is 8.10. The average Bonchev–Trinajstić information content (AvgIpc) is 2.62. The summed E-state index contributed by atoms with van der Waals surface area (Å²) < 4.78 is 12.9. The van der Waals surface area contributed by atoms with Crippen LogP contribution in [0.4, 0.5) is 5.95 Å². The van der Waals surface area contributed by atoms with Gasteiger partial charge in [-0.3, -0.25) is 4.21 Å². The van der Waals surface area contributed by atoms with Crippen LogP contribution in [0.2, 0.25) is 0 Å². The van der Waals surface area contributed by atoms with E-state index in [0.29, 0.717) is 6.54 Å². The molecule has 0 bridgehead atoms. The van der Waals surface area contributed by atoms with E-state index >= 15 is 0 Å². The first-order chi connectivity index (χ1) is 7.24. The van der Waals surface area contributed by atoms with Gasteiger partial charge in [-0.2, -0.15) is 0 Å². The van der Waals surface area contributed by atoms with Crippen LogP contribution in [0, 0.1) is 0 Å². The number of nitrogens with zero attached hydrogens (tertiary/aromatic N) is 2. The van der Waals surface area contributed by atoms with Gasteiger partial charge < -0.3 is 9.88 Å². The van der Waals surface area contributed by atoms with Crippen LogP contribution < -0.4 is 5.32 Å². The van der Waals surface area contributed by atoms with Gasteiger partial charge >= 0.3 is 0 Å². The van der Waals surface area contributed by atoms with Crippen LogP contribution in [0.15, 0.2) is 25.0 Å². The molecular formula is C10H17N3OS. The zero-order valence-corrected chi connectivity index (χ0v) is 9.80. The predicted molar refractivity (Wildman–Crippen MR) is 64.5 cm³/mol. The van der Waals surface area contributed by atoms with E-state index in [9.17, 15) is 4.21 Å². The van der Waals surface area contributed by atoms with Crippen molar-refractivity contribution in [2.75, 3.05) is 23.9 Å². The first-order valence-electron chi connectivity index (χ1n) is 4.90. The zero-order chi connectivity index (χ0) is 11.1. The minimum Gasteiger partial charge on any atom is -0.352 e. The normalized spacial score (nSPS) is 12.3. The van der Waals surface area contributed by atoms with Gasteiger partial charge in [-0.1, -0.05) is 6.08 Å². The van der Waals surface area contributed by atoms with E-state index in [0.717, 1.165) is 24.7 Å². The first kappa shape index (κ1) is 12.0. The molecular weight excluding hydrogens is 210 g/mol. The quantitative estimate of drug-likeness (QED) is 0.713. The van der Waals surface area contributed by atoms with Crippen molar-refractivity contribution in [1.29, 1.82) is 0 Å². The van der Waals surface area contributed by atoms with Crippen molar-refractivity contribution in [3.63, 3.8) is 0 Å². The molecule has 1 unspecified atom stereocenters. The Morgan fingerprint density at radius 2 is 2.53 bits per heavy atom. The molecule has 0 aliphatic carbocycles. The van der Waals surface area contributed by atoms with E-state index in [1.54, 1.807) is 18.5 Å². The summed E-state index contributed by atoms with van der Waals surface area (Å²) in [5, 5.41) is 3.14. The van der Waals surface area contributed by atoms with Crippen LogP contribution in [0.25, 0.3) is 0 Å². The number of hydrogen-bond acceptors (Lipinski definition) is 3. The second-order valence-corrected chi connectivity index (χ2v) is 4.80. The summed E-state index contributed by atoms with van der Waals surface area (Å²) in [5.41, 5.74) is 0. The molecule has 0 spiro atoms. The Bertz CT molecular complexity index is 335. The first-order valence-corrected chi connectivity index (χ1v) is 6.62. The molecule has 0 radical (unpaired) electrons. The summed E-state index contributed by atoms with van der Waals surface area (Å²) in [4.78, 5) is 4.18. The number of imidazole rings is 1. The topological polar surface area (TPSA) is 46.9 Å². The van der Waals surface area contributed by atoms with Crippen molar-refractivity contribution in [3.05, 3.63) is 25.0 Å². The molecule has 0 amide bonds. The highest BCUT2D eigenvalue weighted by molar-refractivity contribution is 7.84. The number of aryl methyl sites for hydroxylation is 1. The van der Waals surface area contributed by atoms with Gasteiger partial charge in [0.2, 0.25) is 5.95 Å². The smallest absolute Gasteiger partial charge is 0.203 e. The Kier molecular flexibility index (Phi) is 5.10. The van der Waals surface area contributed by atoms with Gasteiger partial charge in [0.15, 0.2) is 0 Å². The van der Waals surface area contributed by atoms with Crippen molar-refractivity contribution in [1.82, 2.24) is 9.55 Å². The lowest BCUT2D eigenvalue weighted by Crippen LogP contribution is -2.08. The van der Waals surface area contributed by atoms with Gasteiger partial charge in [0.1, 0.15) is 0 Å². The minimum absolute atomic E-state index is 0.705. The van der Waals surface area contributed by atoms with Crippen LogP contribution in [0.1, 0.15) is 6.42 Å². The Hall–Kier alpha value is -1.10. The number of hydrogen-bond donors (Lipinski definition) is 1. The molecule has 4 nitrogen and oxygen atoms in total. The summed E-state index contributed by atoms with van der Waals surface area (Å²) >= 11 is 0. The maximum atomic E-state index is 10.9. The maximum absolute atomic E-state index is 10.9. The average molecular weight is 227 g/mol. The van der Waals surface area contributed by atoms with Crippen LogP contribution in [-0.4, -0.2) is 32.3 Å². The molecule has 1 atom stereocenters. The van der Waals surface area contributed by atoms with E-state index < -0.39 is 10.8 Å². The molecule has 5 heteroatoms. The highest BCUT2D eigenvalue weighted by Gasteiger charge is 2.00. The zero-order valence-electron chi connectivity index (χ0n) is 8.98. The lowest BCUT2D eigenvalue weighted by atomic mass is 10.5. The monoisotopic (exact) mass is 227 g/mol. The predicted octanol–water partition coefficient (Wildman–Crippen LogP) is 1.25. The molecule has 1 aromatic rings. The highest BCUT2D eigenvalue weighted by atomic mass is 32.2. The van der Waals surface area contributed by atoms with Crippen molar-refractivity contribution in [2.45, 2.75) is 13.0 Å². The van der Waals surface area contributed by atoms with E-state index in [1.165, 1.54) is 0 Å². The molecule has 0 saturated carbocycles. The molecule has 84 valence electrons. The molecule has 0 aromatic carbocycles. The number of aromatic nitrogens is 2. The standard InChI is InChI=1S/C10H17N3OS/c1-3-5-11-10-12-6-8-13(10)7-4-9-15(2)14/h3,6,8H,1,4-5,7,9H2,2H3,(H,11,12). The second-order valence-electron chi connectivity index (χ2n) is 3.24. The van der Waals surface area contributed by atoms with Crippen LogP contribution in [0.3, 0.4) is 0 Å². The Morgan fingerprint density at radius 1 is 1.73 bits per heavy atom. The fourth-order valence-corrected chi connectivity index (χ4v) is 1.79. The van der Waals surface area contributed by atoms with Gasteiger partial charge in [-0.05, 0) is 6.42 Å². The molecule has 0 fully saturated rings. The third-order valence-corrected chi connectivity index (χ3v) is 2.81. The van der Waals surface area contributed by atoms with Crippen LogP contribution in [0.5, 0.6) is 0 Å². The molecule has 1 heterocycles. The third kappa shape index (κ3) is 4.29. The Balaban J connectivity index is 2.42. The fraction of sp³-hybridized carbons (Fsp3) is 0.500. The number of anilines is 1. The second kappa shape index (κ2) is 6.40. The van der Waals surface area contributed by atoms with Crippen LogP contribution >= 0.6 is 0 Å². The molecule has 0 aliphatic heterocycles. The van der Waals surface area contributed by atoms with Gasteiger partial charge in [-0.15, -0.1) is 6.58 Å². The fourth-order valence-electron chi connectivity index (χ4n) is 1.26. The van der Waals surface area contributed by atoms with Gasteiger partial charge in [0.05, 0.1) is 0 Å². The molecule has 1 rings (SSSR count). The molecule has 0 saturated heterocycles. The SMILES string of the molecule is C=CCNc1nccn1CCCS(C)=O. The van der Waals surface area contributed by atoms with Crippen molar-refractivity contribution >= 4 is 16.7 Å². The summed E-state index contributed by atoms with van der Waals surface area (Å²) in [6.45, 7) is 5.19. The maximum Gasteiger partial charge on any atom is 0.203 e. The third-order valence-electron chi connectivity index (χ3n) is 1.95. The van der Waals surface area contributed by atoms with Gasteiger partial charge in [0, 0.05) is 48.3 Å². The Morgan fingerprint density at radius 3 is 3.20 bits per heavy atom. The lowest BCUT2D eigenvalue weighted by Gasteiger charge is -2.07. The molecule has 0 aliphatic rings. The summed E-state index contributed by atoms with van der Waals surface area (Å²) in [7, 11) is -0.709. The molecule has 15 heavy (non-hydrogen) atoms. The van der Waals surface area contributed by atoms with Gasteiger partial charge in [0.25, 0.3) is 0 Å². The van der Waals surface area contributed by atoms with E-state index in [1.807, 2.05) is 10.8 Å². The minimum atomic E-state index is -0.709. The lowest BCUT2D eigenvalue weighted by molar-refractivity contribution is 0.663. The van der Waals surface area contributed by atoms with Gasteiger partial charge in [-0.25, -0.2) is 4.98 Å². The molecule has 1 aromatic heterocycles. The van der Waals surface area contributed by atoms with E-state index in [-0.39, 0.29) is 0 Å². The Labute approximate surface area is 92.9 Å². The summed E-state index contributed by atoms with van der Waals surface area (Å²) in [5.74, 6) is 1.58. The van der Waals surface area contributed by atoms with Crippen molar-refractivity contribution in [3.8, 4) is 0 Å². The largest absolute Gasteiger partial charge is 0.352 e.